The summed E-state index contributed by atoms with van der Waals surface area (Å²) in [4.78, 5) is 1.88. The number of hydrogen-bond acceptors (Lipinski definition) is 5. The second-order valence-electron chi connectivity index (χ2n) is 4.64. The van der Waals surface area contributed by atoms with Crippen molar-refractivity contribution in [3.63, 3.8) is 0 Å². The molecule has 1 aromatic rings. The first-order chi connectivity index (χ1) is 9.00. The van der Waals surface area contributed by atoms with E-state index in [1.165, 1.54) is 0 Å². The van der Waals surface area contributed by atoms with Crippen LogP contribution in [0, 0.1) is 5.92 Å². The molecule has 1 saturated heterocycles. The zero-order valence-corrected chi connectivity index (χ0v) is 11.5. The van der Waals surface area contributed by atoms with Crippen LogP contribution in [0.25, 0.3) is 0 Å². The number of rotatable bonds is 4. The van der Waals surface area contributed by atoms with Crippen molar-refractivity contribution in [2.24, 2.45) is 5.92 Å². The molecule has 0 aromatic carbocycles. The van der Waals surface area contributed by atoms with Gasteiger partial charge in [-0.1, -0.05) is 11.3 Å². The molecule has 1 aliphatic rings. The molecule has 0 radical (unpaired) electrons. The molecular formula is C11H17F3N4S. The SMILES string of the molecule is CCN(CC1CCCNC1)c1nnc(C(F)(F)F)s1. The van der Waals surface area contributed by atoms with E-state index in [9.17, 15) is 13.2 Å². The van der Waals surface area contributed by atoms with Gasteiger partial charge in [0.1, 0.15) is 0 Å². The van der Waals surface area contributed by atoms with Crippen molar-refractivity contribution in [3.8, 4) is 0 Å². The standard InChI is InChI=1S/C11H17F3N4S/c1-2-18(7-8-4-3-5-15-6-8)10-17-16-9(19-10)11(12,13)14/h8,15H,2-7H2,1H3. The van der Waals surface area contributed by atoms with Gasteiger partial charge in [0.2, 0.25) is 10.1 Å². The van der Waals surface area contributed by atoms with Crippen LogP contribution in [0.15, 0.2) is 0 Å². The van der Waals surface area contributed by atoms with Crippen molar-refractivity contribution in [2.75, 3.05) is 31.1 Å². The minimum absolute atomic E-state index is 0.361. The van der Waals surface area contributed by atoms with Crippen molar-refractivity contribution in [1.82, 2.24) is 15.5 Å². The van der Waals surface area contributed by atoms with Crippen LogP contribution in [-0.4, -0.2) is 36.4 Å². The number of halogens is 3. The molecule has 1 aromatic heterocycles. The Hall–Kier alpha value is -0.890. The lowest BCUT2D eigenvalue weighted by molar-refractivity contribution is -0.138. The zero-order chi connectivity index (χ0) is 13.9. The van der Waals surface area contributed by atoms with E-state index >= 15 is 0 Å². The Labute approximate surface area is 114 Å². The molecule has 0 saturated carbocycles. The van der Waals surface area contributed by atoms with Crippen LogP contribution in [0.2, 0.25) is 0 Å². The van der Waals surface area contributed by atoms with Crippen molar-refractivity contribution in [3.05, 3.63) is 5.01 Å². The predicted octanol–water partition coefficient (Wildman–Crippen LogP) is 2.38. The van der Waals surface area contributed by atoms with Crippen molar-refractivity contribution in [1.29, 1.82) is 0 Å². The largest absolute Gasteiger partial charge is 0.445 e. The molecule has 108 valence electrons. The summed E-state index contributed by atoms with van der Waals surface area (Å²) < 4.78 is 37.5. The summed E-state index contributed by atoms with van der Waals surface area (Å²) in [5, 5.41) is 9.70. The molecule has 8 heteroatoms. The van der Waals surface area contributed by atoms with Gasteiger partial charge in [-0.3, -0.25) is 0 Å². The Morgan fingerprint density at radius 2 is 2.21 bits per heavy atom. The van der Waals surface area contributed by atoms with E-state index in [0.29, 0.717) is 28.9 Å². The fraction of sp³-hybridized carbons (Fsp3) is 0.818. The van der Waals surface area contributed by atoms with Gasteiger partial charge in [0, 0.05) is 13.1 Å². The fourth-order valence-corrected chi connectivity index (χ4v) is 2.98. The highest BCUT2D eigenvalue weighted by Gasteiger charge is 2.36. The Balaban J connectivity index is 2.02. The van der Waals surface area contributed by atoms with Crippen LogP contribution >= 0.6 is 11.3 Å². The van der Waals surface area contributed by atoms with Crippen LogP contribution < -0.4 is 10.2 Å². The van der Waals surface area contributed by atoms with Gasteiger partial charge < -0.3 is 10.2 Å². The molecule has 0 spiro atoms. The molecule has 0 bridgehead atoms. The van der Waals surface area contributed by atoms with Gasteiger partial charge in [0.15, 0.2) is 0 Å². The lowest BCUT2D eigenvalue weighted by Crippen LogP contribution is -2.38. The van der Waals surface area contributed by atoms with E-state index < -0.39 is 11.2 Å². The van der Waals surface area contributed by atoms with Crippen LogP contribution in [0.5, 0.6) is 0 Å². The summed E-state index contributed by atoms with van der Waals surface area (Å²) in [6, 6.07) is 0. The summed E-state index contributed by atoms with van der Waals surface area (Å²) in [6.07, 6.45) is -2.18. The number of alkyl halides is 3. The quantitative estimate of drug-likeness (QED) is 0.925. The van der Waals surface area contributed by atoms with E-state index in [-0.39, 0.29) is 0 Å². The lowest BCUT2D eigenvalue weighted by atomic mass is 9.99. The minimum Gasteiger partial charge on any atom is -0.347 e. The van der Waals surface area contributed by atoms with Gasteiger partial charge >= 0.3 is 6.18 Å². The Morgan fingerprint density at radius 3 is 2.74 bits per heavy atom. The molecule has 4 nitrogen and oxygen atoms in total. The number of piperidine rings is 1. The maximum Gasteiger partial charge on any atom is 0.445 e. The van der Waals surface area contributed by atoms with Gasteiger partial charge in [-0.2, -0.15) is 13.2 Å². The number of anilines is 1. The van der Waals surface area contributed by atoms with E-state index in [1.54, 1.807) is 0 Å². The number of hydrogen-bond donors (Lipinski definition) is 1. The first-order valence-corrected chi connectivity index (χ1v) is 7.18. The van der Waals surface area contributed by atoms with E-state index in [1.807, 2.05) is 11.8 Å². The van der Waals surface area contributed by atoms with E-state index in [2.05, 4.69) is 15.5 Å². The molecule has 1 aliphatic heterocycles. The number of nitrogens with zero attached hydrogens (tertiary/aromatic N) is 3. The van der Waals surface area contributed by atoms with Crippen molar-refractivity contribution in [2.45, 2.75) is 25.9 Å². The molecule has 1 unspecified atom stereocenters. The average molecular weight is 294 g/mol. The molecule has 2 rings (SSSR count). The van der Waals surface area contributed by atoms with Crippen LogP contribution in [0.4, 0.5) is 18.3 Å². The monoisotopic (exact) mass is 294 g/mol. The highest BCUT2D eigenvalue weighted by atomic mass is 32.1. The summed E-state index contributed by atoms with van der Waals surface area (Å²) in [5.74, 6) is 0.465. The molecule has 1 fully saturated rings. The lowest BCUT2D eigenvalue weighted by Gasteiger charge is -2.28. The highest BCUT2D eigenvalue weighted by Crippen LogP contribution is 2.34. The second kappa shape index (κ2) is 6.04. The van der Waals surface area contributed by atoms with Crippen molar-refractivity contribution >= 4 is 16.5 Å². The molecule has 1 atom stereocenters. The smallest absolute Gasteiger partial charge is 0.347 e. The van der Waals surface area contributed by atoms with Gasteiger partial charge in [-0.15, -0.1) is 10.2 Å². The summed E-state index contributed by atoms with van der Waals surface area (Å²) in [6.45, 7) is 5.24. The van der Waals surface area contributed by atoms with Gasteiger partial charge in [0.25, 0.3) is 0 Å². The molecule has 1 N–H and O–H groups in total. The maximum absolute atomic E-state index is 12.5. The predicted molar refractivity (Wildman–Crippen MR) is 68.4 cm³/mol. The molecule has 19 heavy (non-hydrogen) atoms. The van der Waals surface area contributed by atoms with Crippen molar-refractivity contribution < 1.29 is 13.2 Å². The Kier molecular flexibility index (Phi) is 4.62. The van der Waals surface area contributed by atoms with Gasteiger partial charge in [-0.25, -0.2) is 0 Å². The first kappa shape index (κ1) is 14.5. The topological polar surface area (TPSA) is 41.0 Å². The minimum atomic E-state index is -4.40. The highest BCUT2D eigenvalue weighted by molar-refractivity contribution is 7.15. The third kappa shape index (κ3) is 3.79. The molecule has 2 heterocycles. The van der Waals surface area contributed by atoms with E-state index in [4.69, 9.17) is 0 Å². The molecular weight excluding hydrogens is 277 g/mol. The molecule has 0 aliphatic carbocycles. The van der Waals surface area contributed by atoms with Gasteiger partial charge in [0.05, 0.1) is 0 Å². The maximum atomic E-state index is 12.5. The Morgan fingerprint density at radius 1 is 1.42 bits per heavy atom. The number of nitrogens with one attached hydrogen (secondary N) is 1. The molecule has 0 amide bonds. The summed E-state index contributed by atoms with van der Waals surface area (Å²) >= 11 is 0.619. The third-order valence-corrected chi connectivity index (χ3v) is 4.22. The second-order valence-corrected chi connectivity index (χ2v) is 5.59. The Bertz CT molecular complexity index is 401. The zero-order valence-electron chi connectivity index (χ0n) is 10.7. The van der Waals surface area contributed by atoms with Crippen LogP contribution in [-0.2, 0) is 6.18 Å². The first-order valence-electron chi connectivity index (χ1n) is 6.37. The third-order valence-electron chi connectivity index (χ3n) is 3.19. The average Bonchev–Trinajstić information content (AvgIpc) is 2.86. The van der Waals surface area contributed by atoms with Gasteiger partial charge in [-0.05, 0) is 38.8 Å². The normalized spacial score (nSPS) is 20.5. The van der Waals surface area contributed by atoms with Crippen LogP contribution in [0.1, 0.15) is 24.8 Å². The summed E-state index contributed by atoms with van der Waals surface area (Å²) in [5.41, 5.74) is 0. The summed E-state index contributed by atoms with van der Waals surface area (Å²) in [7, 11) is 0. The van der Waals surface area contributed by atoms with Crippen LogP contribution in [0.3, 0.4) is 0 Å². The van der Waals surface area contributed by atoms with E-state index in [0.717, 1.165) is 32.5 Å². The fourth-order valence-electron chi connectivity index (χ4n) is 2.19. The number of aromatic nitrogens is 2.